The number of aromatic amines is 1. The van der Waals surface area contributed by atoms with Crippen molar-refractivity contribution in [2.45, 2.75) is 39.7 Å². The second-order valence-corrected chi connectivity index (χ2v) is 7.54. The summed E-state index contributed by atoms with van der Waals surface area (Å²) in [6, 6.07) is 1.60. The van der Waals surface area contributed by atoms with Crippen molar-refractivity contribution in [3.05, 3.63) is 37.2 Å². The number of hydrogen-bond donors (Lipinski definition) is 3. The Morgan fingerprint density at radius 2 is 2.03 bits per heavy atom. The zero-order chi connectivity index (χ0) is 22.3. The summed E-state index contributed by atoms with van der Waals surface area (Å²) < 4.78 is 6.02. The van der Waals surface area contributed by atoms with Gasteiger partial charge in [0.15, 0.2) is 0 Å². The van der Waals surface area contributed by atoms with Crippen LogP contribution in [0.4, 0.5) is 17.2 Å². The normalized spacial score (nSPS) is 10.6. The summed E-state index contributed by atoms with van der Waals surface area (Å²) in [5.41, 5.74) is 5.37. The number of unbranched alkanes of at least 4 members (excludes halogenated alkanes) is 1. The molecule has 0 aliphatic heterocycles. The van der Waals surface area contributed by atoms with Gasteiger partial charge >= 0.3 is 11.7 Å². The smallest absolute Gasteiger partial charge is 0.350 e. The zero-order valence-corrected chi connectivity index (χ0v) is 18.1. The van der Waals surface area contributed by atoms with E-state index in [2.05, 4.69) is 10.3 Å². The molecule has 0 unspecified atom stereocenters. The van der Waals surface area contributed by atoms with Gasteiger partial charge in [0, 0.05) is 13.1 Å². The van der Waals surface area contributed by atoms with E-state index in [1.165, 1.54) is 16.6 Å². The van der Waals surface area contributed by atoms with Crippen molar-refractivity contribution in [3.8, 4) is 0 Å². The van der Waals surface area contributed by atoms with Gasteiger partial charge in [-0.15, -0.1) is 11.3 Å². The topological polar surface area (TPSA) is 140 Å². The SMILES string of the molecule is CCCCn1c(N)c(N(CCC)CC(=O)Nc2ccsc2C(=O)OC)c(=O)[nH]c1=O. The Morgan fingerprint density at radius 1 is 1.30 bits per heavy atom. The Balaban J connectivity index is 2.31. The lowest BCUT2D eigenvalue weighted by Gasteiger charge is -2.25. The second-order valence-electron chi connectivity index (χ2n) is 6.62. The lowest BCUT2D eigenvalue weighted by Crippen LogP contribution is -2.42. The number of nitrogens with one attached hydrogen (secondary N) is 2. The number of amides is 1. The number of rotatable bonds is 10. The van der Waals surface area contributed by atoms with E-state index >= 15 is 0 Å². The van der Waals surface area contributed by atoms with Crippen LogP contribution in [0.25, 0.3) is 0 Å². The van der Waals surface area contributed by atoms with Crippen molar-refractivity contribution in [1.29, 1.82) is 0 Å². The molecule has 10 nitrogen and oxygen atoms in total. The molecule has 2 rings (SSSR count). The molecule has 0 radical (unpaired) electrons. The minimum absolute atomic E-state index is 0.0317. The highest BCUT2D eigenvalue weighted by Gasteiger charge is 2.22. The van der Waals surface area contributed by atoms with Gasteiger partial charge in [-0.25, -0.2) is 9.59 Å². The molecule has 11 heteroatoms. The molecule has 1 amide bonds. The number of thiophene rings is 1. The molecule has 0 saturated carbocycles. The zero-order valence-electron chi connectivity index (χ0n) is 17.3. The number of H-pyrrole nitrogens is 1. The minimum Gasteiger partial charge on any atom is -0.465 e. The van der Waals surface area contributed by atoms with Crippen molar-refractivity contribution in [2.75, 3.05) is 36.1 Å². The number of nitrogens with zero attached hydrogens (tertiary/aromatic N) is 2. The van der Waals surface area contributed by atoms with Crippen molar-refractivity contribution in [1.82, 2.24) is 9.55 Å². The van der Waals surface area contributed by atoms with Crippen molar-refractivity contribution in [2.24, 2.45) is 0 Å². The maximum atomic E-state index is 12.7. The lowest BCUT2D eigenvalue weighted by molar-refractivity contribution is -0.115. The van der Waals surface area contributed by atoms with Crippen LogP contribution in [0, 0.1) is 0 Å². The van der Waals surface area contributed by atoms with Crippen molar-refractivity contribution < 1.29 is 14.3 Å². The Morgan fingerprint density at radius 3 is 2.67 bits per heavy atom. The summed E-state index contributed by atoms with van der Waals surface area (Å²) in [4.78, 5) is 53.2. The van der Waals surface area contributed by atoms with Gasteiger partial charge in [-0.1, -0.05) is 20.3 Å². The molecule has 0 aliphatic rings. The van der Waals surface area contributed by atoms with Gasteiger partial charge in [0.2, 0.25) is 5.91 Å². The molecule has 0 atom stereocenters. The predicted molar refractivity (Wildman–Crippen MR) is 117 cm³/mol. The lowest BCUT2D eigenvalue weighted by atomic mass is 10.3. The first kappa shape index (κ1) is 23.2. The molecule has 30 heavy (non-hydrogen) atoms. The van der Waals surface area contributed by atoms with E-state index in [4.69, 9.17) is 10.5 Å². The van der Waals surface area contributed by atoms with E-state index in [-0.39, 0.29) is 22.9 Å². The van der Waals surface area contributed by atoms with Crippen molar-refractivity contribution in [3.63, 3.8) is 0 Å². The molecule has 0 aliphatic carbocycles. The van der Waals surface area contributed by atoms with E-state index in [9.17, 15) is 19.2 Å². The monoisotopic (exact) mass is 437 g/mol. The molecule has 0 saturated heterocycles. The van der Waals surface area contributed by atoms with Gasteiger partial charge in [-0.2, -0.15) is 0 Å². The number of carbonyl (C=O) groups is 2. The first-order valence-electron chi connectivity index (χ1n) is 9.67. The molecule has 4 N–H and O–H groups in total. The van der Waals surface area contributed by atoms with Crippen LogP contribution >= 0.6 is 11.3 Å². The van der Waals surface area contributed by atoms with Gasteiger partial charge in [-0.3, -0.25) is 19.1 Å². The quantitative estimate of drug-likeness (QED) is 0.480. The van der Waals surface area contributed by atoms with Gasteiger partial charge in [0.05, 0.1) is 19.3 Å². The molecule has 0 bridgehead atoms. The predicted octanol–water partition coefficient (Wildman–Crippen LogP) is 1.62. The summed E-state index contributed by atoms with van der Waals surface area (Å²) in [6.07, 6.45) is 2.22. The number of carbonyl (C=O) groups excluding carboxylic acids is 2. The van der Waals surface area contributed by atoms with Gasteiger partial charge in [-0.05, 0) is 24.3 Å². The van der Waals surface area contributed by atoms with Crippen LogP contribution in [0.1, 0.15) is 42.8 Å². The molecule has 0 spiro atoms. The van der Waals surface area contributed by atoms with E-state index in [1.807, 2.05) is 13.8 Å². The fraction of sp³-hybridized carbons (Fsp3) is 0.474. The van der Waals surface area contributed by atoms with E-state index < -0.39 is 23.1 Å². The summed E-state index contributed by atoms with van der Waals surface area (Å²) in [5, 5.41) is 4.34. The molecule has 2 aromatic rings. The third-order valence-corrected chi connectivity index (χ3v) is 5.30. The maximum Gasteiger partial charge on any atom is 0.350 e. The molecule has 2 heterocycles. The van der Waals surface area contributed by atoms with Crippen LogP contribution in [0.15, 0.2) is 21.0 Å². The Labute approximate surface area is 177 Å². The van der Waals surface area contributed by atoms with Crippen LogP contribution in [-0.4, -0.2) is 41.6 Å². The number of anilines is 3. The first-order chi connectivity index (χ1) is 14.3. The third kappa shape index (κ3) is 5.29. The number of ether oxygens (including phenoxy) is 1. The molecular weight excluding hydrogens is 410 g/mol. The van der Waals surface area contributed by atoms with Gasteiger partial charge < -0.3 is 20.7 Å². The molecule has 0 aromatic carbocycles. The average molecular weight is 438 g/mol. The number of nitrogen functional groups attached to an aromatic ring is 1. The maximum absolute atomic E-state index is 12.7. The Hall–Kier alpha value is -3.08. The van der Waals surface area contributed by atoms with Crippen LogP contribution in [0.3, 0.4) is 0 Å². The van der Waals surface area contributed by atoms with Gasteiger partial charge in [0.25, 0.3) is 5.56 Å². The van der Waals surface area contributed by atoms with Crippen molar-refractivity contribution >= 4 is 40.4 Å². The largest absolute Gasteiger partial charge is 0.465 e. The number of hydrogen-bond acceptors (Lipinski definition) is 8. The highest BCUT2D eigenvalue weighted by atomic mass is 32.1. The molecular formula is C19H27N5O5S. The van der Waals surface area contributed by atoms with Crippen LogP contribution < -0.4 is 27.2 Å². The molecule has 0 fully saturated rings. The average Bonchev–Trinajstić information content (AvgIpc) is 3.15. The molecule has 164 valence electrons. The Kier molecular flexibility index (Phi) is 8.22. The van der Waals surface area contributed by atoms with E-state index in [0.29, 0.717) is 25.2 Å². The fourth-order valence-corrected chi connectivity index (χ4v) is 3.75. The summed E-state index contributed by atoms with van der Waals surface area (Å²) >= 11 is 1.15. The molecule has 2 aromatic heterocycles. The van der Waals surface area contributed by atoms with E-state index in [0.717, 1.165) is 24.2 Å². The van der Waals surface area contributed by atoms with Crippen LogP contribution in [-0.2, 0) is 16.1 Å². The highest BCUT2D eigenvalue weighted by molar-refractivity contribution is 7.12. The van der Waals surface area contributed by atoms with Gasteiger partial charge in [0.1, 0.15) is 16.4 Å². The number of nitrogens with two attached hydrogens (primary N) is 1. The number of aromatic nitrogens is 2. The number of esters is 1. The minimum atomic E-state index is -0.641. The van der Waals surface area contributed by atoms with Crippen LogP contribution in [0.2, 0.25) is 0 Å². The second kappa shape index (κ2) is 10.6. The highest BCUT2D eigenvalue weighted by Crippen LogP contribution is 2.23. The van der Waals surface area contributed by atoms with E-state index in [1.54, 1.807) is 11.4 Å². The summed E-state index contributed by atoms with van der Waals surface area (Å²) in [7, 11) is 1.26. The Bertz CT molecular complexity index is 1010. The summed E-state index contributed by atoms with van der Waals surface area (Å²) in [6.45, 7) is 4.45. The summed E-state index contributed by atoms with van der Waals surface area (Å²) in [5.74, 6) is -0.948. The standard InChI is InChI=1S/C19H27N5O5S/c1-4-6-9-24-16(20)14(17(26)22-19(24)28)23(8-5-2)11-13(25)21-12-7-10-30-15(12)18(27)29-3/h7,10H,4-6,8-9,11,20H2,1-3H3,(H,21,25)(H,22,26,28). The number of methoxy groups -OCH3 is 1. The fourth-order valence-electron chi connectivity index (χ4n) is 2.98. The third-order valence-electron chi connectivity index (χ3n) is 4.40. The first-order valence-corrected chi connectivity index (χ1v) is 10.5. The van der Waals surface area contributed by atoms with Crippen LogP contribution in [0.5, 0.6) is 0 Å².